The summed E-state index contributed by atoms with van der Waals surface area (Å²) >= 11 is 0. The Morgan fingerprint density at radius 1 is 1.12 bits per heavy atom. The lowest BCUT2D eigenvalue weighted by molar-refractivity contribution is -0.134. The van der Waals surface area contributed by atoms with Crippen LogP contribution in [0.15, 0.2) is 36.4 Å². The van der Waals surface area contributed by atoms with E-state index < -0.39 is 11.9 Å². The Bertz CT molecular complexity index is 853. The minimum absolute atomic E-state index is 0.183. The van der Waals surface area contributed by atoms with Crippen LogP contribution in [-0.4, -0.2) is 77.4 Å². The molecule has 8 nitrogen and oxygen atoms in total. The Morgan fingerprint density at radius 2 is 1.72 bits per heavy atom. The van der Waals surface area contributed by atoms with E-state index in [2.05, 4.69) is 49.1 Å². The van der Waals surface area contributed by atoms with E-state index in [0.29, 0.717) is 30.7 Å². The third-order valence-corrected chi connectivity index (χ3v) is 5.33. The molecule has 2 aliphatic rings. The summed E-state index contributed by atoms with van der Waals surface area (Å²) in [7, 11) is 1.87. The lowest BCUT2D eigenvalue weighted by Gasteiger charge is -2.37. The van der Waals surface area contributed by atoms with Gasteiger partial charge in [0.25, 0.3) is 0 Å². The third-order valence-electron chi connectivity index (χ3n) is 5.33. The Hall–Kier alpha value is -3.13. The highest BCUT2D eigenvalue weighted by molar-refractivity contribution is 5.96. The molecule has 1 saturated heterocycles. The van der Waals surface area contributed by atoms with Gasteiger partial charge in [0.05, 0.1) is 6.61 Å². The van der Waals surface area contributed by atoms with Crippen molar-refractivity contribution in [2.75, 3.05) is 33.3 Å². The van der Waals surface area contributed by atoms with Crippen LogP contribution in [0.2, 0.25) is 0 Å². The van der Waals surface area contributed by atoms with E-state index in [0.717, 1.165) is 32.5 Å². The number of piperidine rings is 1. The Morgan fingerprint density at radius 3 is 2.25 bits per heavy atom. The zero-order valence-corrected chi connectivity index (χ0v) is 18.9. The quantitative estimate of drug-likeness (QED) is 0.620. The van der Waals surface area contributed by atoms with Crippen molar-refractivity contribution in [1.29, 1.82) is 0 Å². The number of nitrogens with zero attached hydrogens (tertiary/aromatic N) is 2. The van der Waals surface area contributed by atoms with Crippen LogP contribution in [0.5, 0.6) is 0 Å². The molecule has 2 N–H and O–H groups in total. The summed E-state index contributed by atoms with van der Waals surface area (Å²) in [6.45, 7) is 7.69. The van der Waals surface area contributed by atoms with Gasteiger partial charge in [0.15, 0.2) is 0 Å². The van der Waals surface area contributed by atoms with Gasteiger partial charge in [-0.3, -0.25) is 4.90 Å². The van der Waals surface area contributed by atoms with Crippen LogP contribution in [-0.2, 0) is 14.3 Å². The van der Waals surface area contributed by atoms with Crippen LogP contribution in [0.3, 0.4) is 0 Å². The minimum Gasteiger partial charge on any atom is -0.478 e. The average molecular weight is 445 g/mol. The molecule has 1 aromatic rings. The maximum absolute atomic E-state index is 12.1. The number of carboxylic acid groups (broad SMARTS) is 2. The van der Waals surface area contributed by atoms with Gasteiger partial charge in [0.1, 0.15) is 0 Å². The number of hydrogen-bond acceptors (Lipinski definition) is 5. The second-order valence-corrected chi connectivity index (χ2v) is 8.36. The first-order chi connectivity index (χ1) is 15.2. The number of aliphatic carboxylic acids is 2. The summed E-state index contributed by atoms with van der Waals surface area (Å²) in [5.41, 5.74) is 4.19. The first kappa shape index (κ1) is 25.1. The molecule has 0 aromatic heterocycles. The molecule has 0 spiro atoms. The third kappa shape index (κ3) is 7.85. The summed E-state index contributed by atoms with van der Waals surface area (Å²) in [5, 5.41) is 15.6. The average Bonchev–Trinajstić information content (AvgIpc) is 2.74. The van der Waals surface area contributed by atoms with Crippen molar-refractivity contribution in [3.8, 4) is 0 Å². The molecule has 0 atom stereocenters. The van der Waals surface area contributed by atoms with E-state index in [-0.39, 0.29) is 6.09 Å². The van der Waals surface area contributed by atoms with Crippen molar-refractivity contribution >= 4 is 29.7 Å². The van der Waals surface area contributed by atoms with Crippen molar-refractivity contribution < 1.29 is 29.3 Å². The van der Waals surface area contributed by atoms with Gasteiger partial charge in [-0.15, -0.1) is 0 Å². The molecule has 8 heteroatoms. The van der Waals surface area contributed by atoms with Gasteiger partial charge in [-0.1, -0.05) is 38.1 Å². The van der Waals surface area contributed by atoms with Crippen molar-refractivity contribution in [1.82, 2.24) is 9.80 Å². The fourth-order valence-electron chi connectivity index (χ4n) is 3.57. The van der Waals surface area contributed by atoms with Crippen molar-refractivity contribution in [2.24, 2.45) is 5.92 Å². The van der Waals surface area contributed by atoms with E-state index in [1.165, 1.54) is 16.7 Å². The topological polar surface area (TPSA) is 107 Å². The van der Waals surface area contributed by atoms with Crippen molar-refractivity contribution in [3.63, 3.8) is 0 Å². The van der Waals surface area contributed by atoms with Gasteiger partial charge < -0.3 is 19.8 Å². The van der Waals surface area contributed by atoms with Crippen molar-refractivity contribution in [3.05, 3.63) is 47.5 Å². The Kier molecular flexibility index (Phi) is 9.46. The molecule has 1 aliphatic heterocycles. The number of amides is 1. The number of carbonyl (C=O) groups excluding carboxylic acids is 1. The van der Waals surface area contributed by atoms with Gasteiger partial charge in [0, 0.05) is 44.9 Å². The second kappa shape index (κ2) is 12.0. The molecular weight excluding hydrogens is 412 g/mol. The fraction of sp³-hybridized carbons (Fsp3) is 0.458. The molecule has 3 rings (SSSR count). The SMILES string of the molecule is CC(C)COC(=O)N(C)C1CCN(CC2=Cc3ccccc32)CC1.O=C(O)C=CC(=O)O. The monoisotopic (exact) mass is 444 g/mol. The fourth-order valence-corrected chi connectivity index (χ4v) is 3.57. The normalized spacial score (nSPS) is 15.8. The molecule has 32 heavy (non-hydrogen) atoms. The molecule has 0 bridgehead atoms. The van der Waals surface area contributed by atoms with Crippen LogP contribution in [0.25, 0.3) is 11.6 Å². The molecule has 0 saturated carbocycles. The van der Waals surface area contributed by atoms with Crippen LogP contribution in [0, 0.1) is 5.92 Å². The first-order valence-electron chi connectivity index (χ1n) is 10.7. The lowest BCUT2D eigenvalue weighted by Crippen LogP contribution is -2.46. The van der Waals surface area contributed by atoms with Gasteiger partial charge in [-0.05, 0) is 41.5 Å². The van der Waals surface area contributed by atoms with Crippen molar-refractivity contribution in [2.45, 2.75) is 32.7 Å². The summed E-state index contributed by atoms with van der Waals surface area (Å²) < 4.78 is 5.34. The van der Waals surface area contributed by atoms with Gasteiger partial charge >= 0.3 is 18.0 Å². The number of carboxylic acids is 2. The van der Waals surface area contributed by atoms with E-state index >= 15 is 0 Å². The zero-order valence-electron chi connectivity index (χ0n) is 18.9. The number of benzene rings is 1. The number of fused-ring (bicyclic) bond motifs is 1. The summed E-state index contributed by atoms with van der Waals surface area (Å²) in [6, 6.07) is 8.86. The van der Waals surface area contributed by atoms with E-state index in [1.807, 2.05) is 7.05 Å². The van der Waals surface area contributed by atoms with Crippen LogP contribution in [0.1, 0.15) is 37.8 Å². The largest absolute Gasteiger partial charge is 0.478 e. The summed E-state index contributed by atoms with van der Waals surface area (Å²) in [4.78, 5) is 35.5. The van der Waals surface area contributed by atoms with E-state index in [1.54, 1.807) is 4.90 Å². The van der Waals surface area contributed by atoms with Crippen LogP contribution in [0.4, 0.5) is 4.79 Å². The van der Waals surface area contributed by atoms with Gasteiger partial charge in [-0.25, -0.2) is 14.4 Å². The van der Waals surface area contributed by atoms with Gasteiger partial charge in [-0.2, -0.15) is 0 Å². The molecule has 0 radical (unpaired) electrons. The predicted octanol–water partition coefficient (Wildman–Crippen LogP) is 3.44. The Labute approximate surface area is 188 Å². The summed E-state index contributed by atoms with van der Waals surface area (Å²) in [5.74, 6) is -2.14. The van der Waals surface area contributed by atoms with Crippen LogP contribution >= 0.6 is 0 Å². The highest BCUT2D eigenvalue weighted by atomic mass is 16.6. The van der Waals surface area contributed by atoms with E-state index in [9.17, 15) is 14.4 Å². The maximum Gasteiger partial charge on any atom is 0.409 e. The molecule has 1 aromatic carbocycles. The predicted molar refractivity (Wildman–Crippen MR) is 122 cm³/mol. The lowest BCUT2D eigenvalue weighted by atomic mass is 9.88. The van der Waals surface area contributed by atoms with Gasteiger partial charge in [0.2, 0.25) is 0 Å². The molecule has 1 aliphatic carbocycles. The number of carbonyl (C=O) groups is 3. The minimum atomic E-state index is -1.26. The first-order valence-corrected chi connectivity index (χ1v) is 10.7. The smallest absolute Gasteiger partial charge is 0.409 e. The number of likely N-dealkylation sites (tertiary alicyclic amines) is 1. The molecule has 1 fully saturated rings. The molecule has 0 unspecified atom stereocenters. The summed E-state index contributed by atoms with van der Waals surface area (Å²) in [6.07, 6.45) is 5.25. The zero-order chi connectivity index (χ0) is 23.7. The standard InChI is InChI=1S/C20H28N2O2.C4H4O4/c1-15(2)14-24-20(23)21(3)18-8-10-22(11-9-18)13-17-12-16-6-4-5-7-19(16)17;5-3(6)1-2-4(7)8/h4-7,12,15,18H,8-11,13-14H2,1-3H3;1-2H,(H,5,6)(H,7,8). The number of ether oxygens (including phenoxy) is 1. The number of hydrogen-bond donors (Lipinski definition) is 2. The molecular formula is C24H32N2O6. The molecule has 1 amide bonds. The maximum atomic E-state index is 12.1. The number of rotatable bonds is 7. The van der Waals surface area contributed by atoms with Crippen LogP contribution < -0.4 is 0 Å². The highest BCUT2D eigenvalue weighted by Crippen LogP contribution is 2.33. The molecule has 1 heterocycles. The van der Waals surface area contributed by atoms with E-state index in [4.69, 9.17) is 14.9 Å². The Balaban J connectivity index is 0.000000390. The molecule has 174 valence electrons. The second-order valence-electron chi connectivity index (χ2n) is 8.36. The highest BCUT2D eigenvalue weighted by Gasteiger charge is 2.27.